The fraction of sp³-hybridized carbons (Fsp3) is 0.417. The number of nitro groups is 1. The van der Waals surface area contributed by atoms with Crippen molar-refractivity contribution >= 4 is 22.7 Å². The van der Waals surface area contributed by atoms with E-state index in [2.05, 4.69) is 14.9 Å². The number of aromatic nitrogens is 2. The third-order valence-electron chi connectivity index (χ3n) is 3.24. The molecule has 1 unspecified atom stereocenters. The highest BCUT2D eigenvalue weighted by molar-refractivity contribution is 5.90. The van der Waals surface area contributed by atoms with Crippen molar-refractivity contribution in [3.8, 4) is 0 Å². The van der Waals surface area contributed by atoms with Gasteiger partial charge in [-0.3, -0.25) is 14.9 Å². The zero-order chi connectivity index (χ0) is 15.4. The molecular formula is C12H14N4O5. The second kappa shape index (κ2) is 6.27. The number of nitrogens with zero attached hydrogens (tertiary/aromatic N) is 3. The third kappa shape index (κ3) is 2.97. The first kappa shape index (κ1) is 14.9. The molecule has 0 saturated carbocycles. The number of unbranched alkanes of at least 4 members (excludes halogenated alkanes) is 1. The normalized spacial score (nSPS) is 12.4. The van der Waals surface area contributed by atoms with Crippen LogP contribution in [-0.4, -0.2) is 32.9 Å². The first-order valence-corrected chi connectivity index (χ1v) is 6.38. The van der Waals surface area contributed by atoms with E-state index in [4.69, 9.17) is 5.73 Å². The van der Waals surface area contributed by atoms with Crippen molar-refractivity contribution in [3.05, 3.63) is 27.8 Å². The molecule has 1 aromatic heterocycles. The lowest BCUT2D eigenvalue weighted by molar-refractivity contribution is -0.383. The van der Waals surface area contributed by atoms with Crippen molar-refractivity contribution in [2.24, 2.45) is 5.73 Å². The Balaban J connectivity index is 2.44. The van der Waals surface area contributed by atoms with E-state index in [0.717, 1.165) is 0 Å². The summed E-state index contributed by atoms with van der Waals surface area (Å²) in [5.41, 5.74) is 5.57. The highest BCUT2D eigenvalue weighted by Crippen LogP contribution is 2.32. The van der Waals surface area contributed by atoms with Gasteiger partial charge in [-0.15, -0.1) is 0 Å². The van der Waals surface area contributed by atoms with Crippen molar-refractivity contribution in [1.29, 1.82) is 0 Å². The topological polar surface area (TPSA) is 145 Å². The molecule has 0 saturated heterocycles. The fourth-order valence-electron chi connectivity index (χ4n) is 2.21. The first-order valence-electron chi connectivity index (χ1n) is 6.38. The van der Waals surface area contributed by atoms with Crippen LogP contribution in [0.1, 0.15) is 30.7 Å². The Morgan fingerprint density at radius 2 is 2.10 bits per heavy atom. The lowest BCUT2D eigenvalue weighted by Crippen LogP contribution is -2.13. The van der Waals surface area contributed by atoms with Gasteiger partial charge in [0.2, 0.25) is 5.52 Å². The predicted molar refractivity (Wildman–Crippen MR) is 71.7 cm³/mol. The van der Waals surface area contributed by atoms with Gasteiger partial charge in [0.05, 0.1) is 10.8 Å². The zero-order valence-electron chi connectivity index (χ0n) is 11.1. The molecule has 9 heteroatoms. The van der Waals surface area contributed by atoms with Crippen molar-refractivity contribution in [2.75, 3.05) is 6.54 Å². The summed E-state index contributed by atoms with van der Waals surface area (Å²) in [6.45, 7) is 0.480. The van der Waals surface area contributed by atoms with E-state index in [1.807, 2.05) is 0 Å². The number of carboxylic acids is 1. The van der Waals surface area contributed by atoms with Crippen molar-refractivity contribution in [2.45, 2.75) is 25.2 Å². The molecule has 9 nitrogen and oxygen atoms in total. The maximum atomic E-state index is 11.4. The SMILES string of the molecule is NCCCCC(C(=O)O)c1ccc([N+](=O)[O-])c2nonc12. The smallest absolute Gasteiger partial charge is 0.311 e. The number of benzene rings is 1. The minimum absolute atomic E-state index is 0.0393. The van der Waals surface area contributed by atoms with Gasteiger partial charge in [0, 0.05) is 6.07 Å². The number of nitro benzene ring substituents is 1. The molecule has 3 N–H and O–H groups in total. The van der Waals surface area contributed by atoms with Crippen molar-refractivity contribution < 1.29 is 19.5 Å². The Morgan fingerprint density at radius 3 is 2.71 bits per heavy atom. The monoisotopic (exact) mass is 294 g/mol. The molecule has 0 amide bonds. The number of fused-ring (bicyclic) bond motifs is 1. The number of carboxylic acid groups (broad SMARTS) is 1. The molecule has 2 aromatic rings. The molecule has 0 bridgehead atoms. The number of aliphatic carboxylic acids is 1. The Labute approximate surface area is 118 Å². The van der Waals surface area contributed by atoms with Gasteiger partial charge in [-0.1, -0.05) is 6.42 Å². The molecule has 1 aromatic carbocycles. The molecule has 0 aliphatic rings. The summed E-state index contributed by atoms with van der Waals surface area (Å²) in [4.78, 5) is 21.7. The van der Waals surface area contributed by atoms with Gasteiger partial charge < -0.3 is 10.8 Å². The zero-order valence-corrected chi connectivity index (χ0v) is 11.1. The molecule has 1 heterocycles. The van der Waals surface area contributed by atoms with Crippen LogP contribution in [0.15, 0.2) is 16.8 Å². The molecule has 0 fully saturated rings. The summed E-state index contributed by atoms with van der Waals surface area (Å²) in [5, 5.41) is 27.4. The van der Waals surface area contributed by atoms with Gasteiger partial charge in [-0.05, 0) is 41.3 Å². The van der Waals surface area contributed by atoms with E-state index in [1.54, 1.807) is 0 Å². The minimum atomic E-state index is -1.02. The van der Waals surface area contributed by atoms with Gasteiger partial charge in [-0.25, -0.2) is 4.63 Å². The molecule has 0 radical (unpaired) electrons. The van der Waals surface area contributed by atoms with Crippen LogP contribution in [0.5, 0.6) is 0 Å². The molecule has 0 aliphatic heterocycles. The molecule has 2 rings (SSSR count). The number of rotatable bonds is 7. The third-order valence-corrected chi connectivity index (χ3v) is 3.24. The summed E-state index contributed by atoms with van der Waals surface area (Å²) in [6, 6.07) is 2.62. The van der Waals surface area contributed by atoms with E-state index in [-0.39, 0.29) is 16.7 Å². The molecule has 112 valence electrons. The quantitative estimate of drug-likeness (QED) is 0.443. The standard InChI is InChI=1S/C12H14N4O5/c13-6-2-1-3-8(12(17)18)7-4-5-9(16(19)20)11-10(7)14-21-15-11/h4-5,8H,1-3,6,13H2,(H,17,18). The highest BCUT2D eigenvalue weighted by Gasteiger charge is 2.27. The van der Waals surface area contributed by atoms with Crippen LogP contribution in [0.3, 0.4) is 0 Å². The maximum Gasteiger partial charge on any atom is 0.311 e. The van der Waals surface area contributed by atoms with Gasteiger partial charge in [0.1, 0.15) is 5.52 Å². The number of hydrogen-bond acceptors (Lipinski definition) is 7. The first-order chi connectivity index (χ1) is 10.1. The second-order valence-corrected chi connectivity index (χ2v) is 4.57. The highest BCUT2D eigenvalue weighted by atomic mass is 16.6. The molecule has 0 spiro atoms. The fourth-order valence-corrected chi connectivity index (χ4v) is 2.21. The van der Waals surface area contributed by atoms with Gasteiger partial charge in [0.15, 0.2) is 0 Å². The summed E-state index contributed by atoms with van der Waals surface area (Å²) in [5.74, 6) is -1.85. The van der Waals surface area contributed by atoms with Crippen LogP contribution in [0, 0.1) is 10.1 Å². The van der Waals surface area contributed by atoms with E-state index in [0.29, 0.717) is 31.4 Å². The summed E-state index contributed by atoms with van der Waals surface area (Å²) < 4.78 is 4.53. The average Bonchev–Trinajstić information content (AvgIpc) is 2.91. The molecule has 1 atom stereocenters. The lowest BCUT2D eigenvalue weighted by atomic mass is 9.92. The maximum absolute atomic E-state index is 11.4. The molecule has 0 aliphatic carbocycles. The van der Waals surface area contributed by atoms with E-state index in [1.165, 1.54) is 12.1 Å². The molecule has 21 heavy (non-hydrogen) atoms. The Bertz CT molecular complexity index is 669. The summed E-state index contributed by atoms with van der Waals surface area (Å²) >= 11 is 0. The van der Waals surface area contributed by atoms with Crippen LogP contribution < -0.4 is 5.73 Å². The van der Waals surface area contributed by atoms with E-state index in [9.17, 15) is 20.0 Å². The van der Waals surface area contributed by atoms with Crippen LogP contribution >= 0.6 is 0 Å². The average molecular weight is 294 g/mol. The van der Waals surface area contributed by atoms with Gasteiger partial charge in [-0.2, -0.15) is 0 Å². The number of carbonyl (C=O) groups is 1. The van der Waals surface area contributed by atoms with E-state index < -0.39 is 16.8 Å². The van der Waals surface area contributed by atoms with E-state index >= 15 is 0 Å². The largest absolute Gasteiger partial charge is 0.481 e. The van der Waals surface area contributed by atoms with Gasteiger partial charge >= 0.3 is 11.7 Å². The second-order valence-electron chi connectivity index (χ2n) is 4.57. The summed E-state index contributed by atoms with van der Waals surface area (Å²) in [7, 11) is 0. The molecular weight excluding hydrogens is 280 g/mol. The van der Waals surface area contributed by atoms with Crippen molar-refractivity contribution in [3.63, 3.8) is 0 Å². The number of nitrogens with two attached hydrogens (primary N) is 1. The Morgan fingerprint density at radius 1 is 1.38 bits per heavy atom. The van der Waals surface area contributed by atoms with Crippen LogP contribution in [0.25, 0.3) is 11.0 Å². The minimum Gasteiger partial charge on any atom is -0.481 e. The summed E-state index contributed by atoms with van der Waals surface area (Å²) in [6.07, 6.45) is 1.71. The van der Waals surface area contributed by atoms with Crippen LogP contribution in [0.4, 0.5) is 5.69 Å². The van der Waals surface area contributed by atoms with Crippen LogP contribution in [-0.2, 0) is 4.79 Å². The lowest BCUT2D eigenvalue weighted by Gasteiger charge is -2.12. The van der Waals surface area contributed by atoms with Crippen molar-refractivity contribution in [1.82, 2.24) is 10.3 Å². The van der Waals surface area contributed by atoms with Gasteiger partial charge in [0.25, 0.3) is 0 Å². The number of hydrogen-bond donors (Lipinski definition) is 2. The Hall–Kier alpha value is -2.55. The van der Waals surface area contributed by atoms with Crippen LogP contribution in [0.2, 0.25) is 0 Å². The Kier molecular flexibility index (Phi) is 4.43. The number of non-ortho nitro benzene ring substituents is 1. The predicted octanol–water partition coefficient (Wildman–Crippen LogP) is 1.43.